The smallest absolute Gasteiger partial charge is 0.407 e. The van der Waals surface area contributed by atoms with Gasteiger partial charge < -0.3 is 15.4 Å². The number of carbonyl (C=O) groups is 1. The summed E-state index contributed by atoms with van der Waals surface area (Å²) >= 11 is 0. The van der Waals surface area contributed by atoms with Crippen molar-refractivity contribution < 1.29 is 17.9 Å². The molecule has 21 heavy (non-hydrogen) atoms. The predicted molar refractivity (Wildman–Crippen MR) is 82.3 cm³/mol. The van der Waals surface area contributed by atoms with Crippen LogP contribution in [0, 0.1) is 0 Å². The minimum absolute atomic E-state index is 0.257. The molecule has 0 heterocycles. The third kappa shape index (κ3) is 6.99. The van der Waals surface area contributed by atoms with Crippen LogP contribution in [-0.2, 0) is 14.6 Å². The standard InChI is InChI=1S/C14H22N2O4S/c1-14(2,3)20-13(17)16-9-8-15-11-6-5-7-12(10-11)21(4,18)19/h5-7,10,15H,8-9H2,1-4H3,(H,16,17). The highest BCUT2D eigenvalue weighted by Crippen LogP contribution is 2.14. The zero-order valence-electron chi connectivity index (χ0n) is 12.8. The number of nitrogens with one attached hydrogen (secondary N) is 2. The Hall–Kier alpha value is -1.76. The Morgan fingerprint density at radius 1 is 1.24 bits per heavy atom. The van der Waals surface area contributed by atoms with Crippen LogP contribution in [0.15, 0.2) is 29.2 Å². The van der Waals surface area contributed by atoms with Crippen molar-refractivity contribution in [2.45, 2.75) is 31.3 Å². The van der Waals surface area contributed by atoms with Gasteiger partial charge in [-0.2, -0.15) is 0 Å². The summed E-state index contributed by atoms with van der Waals surface area (Å²) in [6.45, 7) is 6.22. The largest absolute Gasteiger partial charge is 0.444 e. The van der Waals surface area contributed by atoms with Gasteiger partial charge >= 0.3 is 6.09 Å². The molecule has 0 saturated carbocycles. The van der Waals surface area contributed by atoms with Gasteiger partial charge in [0.15, 0.2) is 9.84 Å². The first-order chi connectivity index (χ1) is 9.58. The molecule has 6 nitrogen and oxygen atoms in total. The number of amides is 1. The topological polar surface area (TPSA) is 84.5 Å². The summed E-state index contributed by atoms with van der Waals surface area (Å²) in [7, 11) is -3.22. The molecule has 0 aliphatic rings. The molecular weight excluding hydrogens is 292 g/mol. The third-order valence-electron chi connectivity index (χ3n) is 2.38. The predicted octanol–water partition coefficient (Wildman–Crippen LogP) is 2.03. The van der Waals surface area contributed by atoms with E-state index in [1.807, 2.05) is 0 Å². The first kappa shape index (κ1) is 17.3. The monoisotopic (exact) mass is 314 g/mol. The molecule has 1 amide bonds. The highest BCUT2D eigenvalue weighted by molar-refractivity contribution is 7.90. The molecule has 1 rings (SSSR count). The van der Waals surface area contributed by atoms with Crippen molar-refractivity contribution in [3.8, 4) is 0 Å². The van der Waals surface area contributed by atoms with Crippen molar-refractivity contribution in [3.05, 3.63) is 24.3 Å². The second-order valence-electron chi connectivity index (χ2n) is 5.66. The average Bonchev–Trinajstić information content (AvgIpc) is 2.32. The summed E-state index contributed by atoms with van der Waals surface area (Å²) < 4.78 is 28.0. The minimum atomic E-state index is -3.22. The summed E-state index contributed by atoms with van der Waals surface area (Å²) in [5.41, 5.74) is 0.158. The third-order valence-corrected chi connectivity index (χ3v) is 3.49. The number of ether oxygens (including phenoxy) is 1. The van der Waals surface area contributed by atoms with Crippen LogP contribution in [-0.4, -0.2) is 39.5 Å². The van der Waals surface area contributed by atoms with Gasteiger partial charge in [0.05, 0.1) is 4.90 Å². The fourth-order valence-corrected chi connectivity index (χ4v) is 2.19. The van der Waals surface area contributed by atoms with Crippen LogP contribution in [0.4, 0.5) is 10.5 Å². The van der Waals surface area contributed by atoms with Crippen LogP contribution < -0.4 is 10.6 Å². The van der Waals surface area contributed by atoms with E-state index in [0.29, 0.717) is 18.8 Å². The van der Waals surface area contributed by atoms with Crippen LogP contribution >= 0.6 is 0 Å². The number of sulfone groups is 1. The molecule has 0 bridgehead atoms. The number of hydrogen-bond donors (Lipinski definition) is 2. The Morgan fingerprint density at radius 3 is 2.48 bits per heavy atom. The molecule has 0 spiro atoms. The van der Waals surface area contributed by atoms with Crippen molar-refractivity contribution >= 4 is 21.6 Å². The first-order valence-corrected chi connectivity index (χ1v) is 8.48. The summed E-state index contributed by atoms with van der Waals surface area (Å²) in [5.74, 6) is 0. The van der Waals surface area contributed by atoms with Crippen LogP contribution in [0.3, 0.4) is 0 Å². The van der Waals surface area contributed by atoms with E-state index in [9.17, 15) is 13.2 Å². The lowest BCUT2D eigenvalue weighted by molar-refractivity contribution is 0.0530. The quantitative estimate of drug-likeness (QED) is 0.812. The van der Waals surface area contributed by atoms with Gasteiger partial charge in [-0.3, -0.25) is 0 Å². The molecule has 0 aliphatic carbocycles. The molecule has 7 heteroatoms. The lowest BCUT2D eigenvalue weighted by Crippen LogP contribution is -2.35. The number of rotatable bonds is 5. The zero-order valence-corrected chi connectivity index (χ0v) is 13.6. The second-order valence-corrected chi connectivity index (χ2v) is 7.67. The van der Waals surface area contributed by atoms with Gasteiger partial charge in [-0.15, -0.1) is 0 Å². The molecule has 118 valence electrons. The molecular formula is C14H22N2O4S. The van der Waals surface area contributed by atoms with Gasteiger partial charge in [0, 0.05) is 25.0 Å². The van der Waals surface area contributed by atoms with E-state index in [2.05, 4.69) is 10.6 Å². The summed E-state index contributed by atoms with van der Waals surface area (Å²) in [6.07, 6.45) is 0.685. The van der Waals surface area contributed by atoms with E-state index in [1.165, 1.54) is 0 Å². The van der Waals surface area contributed by atoms with Crippen molar-refractivity contribution in [3.63, 3.8) is 0 Å². The van der Waals surface area contributed by atoms with Gasteiger partial charge in [0.1, 0.15) is 5.60 Å². The average molecular weight is 314 g/mol. The Balaban J connectivity index is 2.42. The van der Waals surface area contributed by atoms with Gasteiger partial charge in [-0.1, -0.05) is 6.07 Å². The molecule has 2 N–H and O–H groups in total. The first-order valence-electron chi connectivity index (χ1n) is 6.59. The molecule has 1 aromatic rings. The molecule has 0 aromatic heterocycles. The number of hydrogen-bond acceptors (Lipinski definition) is 5. The molecule has 0 aliphatic heterocycles. The lowest BCUT2D eigenvalue weighted by atomic mass is 10.2. The van der Waals surface area contributed by atoms with Gasteiger partial charge in [0.2, 0.25) is 0 Å². The SMILES string of the molecule is CC(C)(C)OC(=O)NCCNc1cccc(S(C)(=O)=O)c1. The van der Waals surface area contributed by atoms with Crippen molar-refractivity contribution in [2.75, 3.05) is 24.7 Å². The fraction of sp³-hybridized carbons (Fsp3) is 0.500. The molecule has 0 radical (unpaired) electrons. The molecule has 0 fully saturated rings. The van der Waals surface area contributed by atoms with Gasteiger partial charge in [-0.25, -0.2) is 13.2 Å². The van der Waals surface area contributed by atoms with Gasteiger partial charge in [-0.05, 0) is 39.0 Å². The van der Waals surface area contributed by atoms with E-state index < -0.39 is 21.5 Å². The number of anilines is 1. The highest BCUT2D eigenvalue weighted by atomic mass is 32.2. The zero-order chi connectivity index (χ0) is 16.1. The summed E-state index contributed by atoms with van der Waals surface area (Å²) in [6, 6.07) is 6.53. The maximum absolute atomic E-state index is 11.4. The number of carbonyl (C=O) groups excluding carboxylic acids is 1. The van der Waals surface area contributed by atoms with Gasteiger partial charge in [0.25, 0.3) is 0 Å². The molecule has 1 aromatic carbocycles. The van der Waals surface area contributed by atoms with Crippen molar-refractivity contribution in [1.82, 2.24) is 5.32 Å². The van der Waals surface area contributed by atoms with Crippen molar-refractivity contribution in [2.24, 2.45) is 0 Å². The Labute approximate surface area is 125 Å². The Kier molecular flexibility index (Phi) is 5.60. The van der Waals surface area contributed by atoms with E-state index in [0.717, 1.165) is 6.26 Å². The van der Waals surface area contributed by atoms with Crippen LogP contribution in [0.25, 0.3) is 0 Å². The number of alkyl carbamates (subject to hydrolysis) is 1. The van der Waals surface area contributed by atoms with Crippen LogP contribution in [0.2, 0.25) is 0 Å². The second kappa shape index (κ2) is 6.80. The van der Waals surface area contributed by atoms with E-state index in [-0.39, 0.29) is 4.90 Å². The maximum atomic E-state index is 11.4. The molecule has 0 unspecified atom stereocenters. The normalized spacial score (nSPS) is 11.8. The van der Waals surface area contributed by atoms with E-state index in [1.54, 1.807) is 45.0 Å². The van der Waals surface area contributed by atoms with Crippen LogP contribution in [0.1, 0.15) is 20.8 Å². The number of benzene rings is 1. The highest BCUT2D eigenvalue weighted by Gasteiger charge is 2.15. The fourth-order valence-electron chi connectivity index (χ4n) is 1.52. The van der Waals surface area contributed by atoms with E-state index in [4.69, 9.17) is 4.74 Å². The Morgan fingerprint density at radius 2 is 1.90 bits per heavy atom. The maximum Gasteiger partial charge on any atom is 0.407 e. The summed E-state index contributed by atoms with van der Waals surface area (Å²) in [4.78, 5) is 11.7. The lowest BCUT2D eigenvalue weighted by Gasteiger charge is -2.19. The van der Waals surface area contributed by atoms with Crippen molar-refractivity contribution in [1.29, 1.82) is 0 Å². The summed E-state index contributed by atoms with van der Waals surface area (Å²) in [5, 5.41) is 5.65. The molecule has 0 atom stereocenters. The minimum Gasteiger partial charge on any atom is -0.444 e. The van der Waals surface area contributed by atoms with Crippen LogP contribution in [0.5, 0.6) is 0 Å². The molecule has 0 saturated heterocycles. The van der Waals surface area contributed by atoms with E-state index >= 15 is 0 Å². The Bertz CT molecular complexity index is 591.